The first-order chi connectivity index (χ1) is 19.1. The number of nitrogens with zero attached hydrogens (tertiary/aromatic N) is 2. The van der Waals surface area contributed by atoms with Gasteiger partial charge in [-0.25, -0.2) is 0 Å². The monoisotopic (exact) mass is 526 g/mol. The van der Waals surface area contributed by atoms with Crippen LogP contribution in [0.4, 0.5) is 11.4 Å². The second-order valence-electron chi connectivity index (χ2n) is 10.6. The fraction of sp³-hybridized carbons (Fsp3) is 0.424. The van der Waals surface area contributed by atoms with E-state index in [2.05, 4.69) is 64.7 Å². The minimum Gasteiger partial charge on any atom is -0.371 e. The van der Waals surface area contributed by atoms with Crippen molar-refractivity contribution in [2.45, 2.75) is 65.3 Å². The average molecular weight is 527 g/mol. The van der Waals surface area contributed by atoms with E-state index in [1.54, 1.807) is 12.4 Å². The van der Waals surface area contributed by atoms with E-state index < -0.39 is 0 Å². The number of hydrogen-bond acceptors (Lipinski definition) is 4. The summed E-state index contributed by atoms with van der Waals surface area (Å²) in [5.41, 5.74) is 4.52. The van der Waals surface area contributed by atoms with Crippen LogP contribution in [0.2, 0.25) is 0 Å². The SMILES string of the molecule is CCCCC(CC)C(=O)Nc1ccc(N2CCC(Cc3ccccc3)CC2)c(C(=O)NCc2cccnc2)c1. The molecule has 1 saturated heterocycles. The summed E-state index contributed by atoms with van der Waals surface area (Å²) >= 11 is 0. The van der Waals surface area contributed by atoms with Crippen molar-refractivity contribution in [3.05, 3.63) is 89.7 Å². The van der Waals surface area contributed by atoms with Crippen LogP contribution >= 0.6 is 0 Å². The molecule has 2 amide bonds. The zero-order chi connectivity index (χ0) is 27.5. The minimum absolute atomic E-state index is 0.0175. The Morgan fingerprint density at radius 1 is 1.00 bits per heavy atom. The number of benzene rings is 2. The molecule has 1 aliphatic heterocycles. The summed E-state index contributed by atoms with van der Waals surface area (Å²) in [6, 6.07) is 20.3. The van der Waals surface area contributed by atoms with E-state index >= 15 is 0 Å². The Morgan fingerprint density at radius 3 is 2.46 bits per heavy atom. The smallest absolute Gasteiger partial charge is 0.253 e. The van der Waals surface area contributed by atoms with Crippen molar-refractivity contribution in [1.29, 1.82) is 0 Å². The van der Waals surface area contributed by atoms with Gasteiger partial charge in [0.2, 0.25) is 5.91 Å². The van der Waals surface area contributed by atoms with Crippen LogP contribution in [0.1, 0.15) is 73.9 Å². The van der Waals surface area contributed by atoms with Crippen molar-refractivity contribution in [3.63, 3.8) is 0 Å². The van der Waals surface area contributed by atoms with Crippen LogP contribution in [0.25, 0.3) is 0 Å². The van der Waals surface area contributed by atoms with Crippen molar-refractivity contribution in [3.8, 4) is 0 Å². The van der Waals surface area contributed by atoms with Crippen LogP contribution in [-0.4, -0.2) is 29.9 Å². The quantitative estimate of drug-likeness (QED) is 0.278. The summed E-state index contributed by atoms with van der Waals surface area (Å²) in [6.07, 6.45) is 10.5. The van der Waals surface area contributed by atoms with Crippen molar-refractivity contribution < 1.29 is 9.59 Å². The van der Waals surface area contributed by atoms with Crippen LogP contribution in [0, 0.1) is 11.8 Å². The number of pyridine rings is 1. The molecule has 1 unspecified atom stereocenters. The lowest BCUT2D eigenvalue weighted by molar-refractivity contribution is -0.120. The number of rotatable bonds is 12. The number of amides is 2. The van der Waals surface area contributed by atoms with E-state index in [0.29, 0.717) is 23.7 Å². The Balaban J connectivity index is 1.49. The summed E-state index contributed by atoms with van der Waals surface area (Å²) in [5.74, 6) is 0.506. The van der Waals surface area contributed by atoms with E-state index in [9.17, 15) is 9.59 Å². The van der Waals surface area contributed by atoms with Gasteiger partial charge in [-0.05, 0) is 73.4 Å². The maximum atomic E-state index is 13.5. The first-order valence-electron chi connectivity index (χ1n) is 14.5. The lowest BCUT2D eigenvalue weighted by atomic mass is 9.89. The molecule has 0 spiro atoms. The van der Waals surface area contributed by atoms with Crippen molar-refractivity contribution in [2.75, 3.05) is 23.3 Å². The van der Waals surface area contributed by atoms with E-state index in [0.717, 1.165) is 69.3 Å². The number of piperidine rings is 1. The second kappa shape index (κ2) is 14.5. The fourth-order valence-electron chi connectivity index (χ4n) is 5.39. The van der Waals surface area contributed by atoms with Crippen molar-refractivity contribution >= 4 is 23.2 Å². The van der Waals surface area contributed by atoms with Crippen LogP contribution in [0.3, 0.4) is 0 Å². The van der Waals surface area contributed by atoms with Crippen LogP contribution < -0.4 is 15.5 Å². The van der Waals surface area contributed by atoms with Crippen LogP contribution in [0.5, 0.6) is 0 Å². The maximum absolute atomic E-state index is 13.5. The second-order valence-corrected chi connectivity index (χ2v) is 10.6. The highest BCUT2D eigenvalue weighted by Gasteiger charge is 2.24. The number of aromatic nitrogens is 1. The minimum atomic E-state index is -0.144. The molecule has 39 heavy (non-hydrogen) atoms. The normalized spacial score (nSPS) is 14.6. The number of carbonyl (C=O) groups excluding carboxylic acids is 2. The molecular formula is C33H42N4O2. The van der Waals surface area contributed by atoms with E-state index in [-0.39, 0.29) is 17.7 Å². The molecule has 4 rings (SSSR count). The maximum Gasteiger partial charge on any atom is 0.253 e. The molecule has 1 fully saturated rings. The average Bonchev–Trinajstić information content (AvgIpc) is 2.98. The highest BCUT2D eigenvalue weighted by Crippen LogP contribution is 2.30. The predicted octanol–water partition coefficient (Wildman–Crippen LogP) is 6.63. The van der Waals surface area contributed by atoms with Crippen molar-refractivity contribution in [2.24, 2.45) is 11.8 Å². The molecule has 1 atom stereocenters. The first-order valence-corrected chi connectivity index (χ1v) is 14.5. The number of hydrogen-bond donors (Lipinski definition) is 2. The standard InChI is InChI=1S/C33H42N4O2/c1-3-5-13-28(4-2)32(38)36-29-14-15-31(30(22-29)33(39)35-24-27-12-9-18-34-23-27)37-19-16-26(17-20-37)21-25-10-7-6-8-11-25/h6-12,14-15,18,22-23,26,28H,3-5,13,16-17,19-21,24H2,1-2H3,(H,35,39)(H,36,38). The molecule has 0 saturated carbocycles. The van der Waals surface area contributed by atoms with Gasteiger partial charge in [0, 0.05) is 49.3 Å². The zero-order valence-electron chi connectivity index (χ0n) is 23.4. The lowest BCUT2D eigenvalue weighted by Crippen LogP contribution is -2.36. The van der Waals surface area contributed by atoms with Gasteiger partial charge in [-0.15, -0.1) is 0 Å². The third-order valence-electron chi connectivity index (χ3n) is 7.78. The van der Waals surface area contributed by atoms with Gasteiger partial charge in [-0.3, -0.25) is 14.6 Å². The summed E-state index contributed by atoms with van der Waals surface area (Å²) in [6.45, 7) is 6.41. The van der Waals surface area contributed by atoms with Gasteiger partial charge < -0.3 is 15.5 Å². The third kappa shape index (κ3) is 8.16. The largest absolute Gasteiger partial charge is 0.371 e. The van der Waals surface area contributed by atoms with Crippen LogP contribution in [-0.2, 0) is 17.8 Å². The van der Waals surface area contributed by atoms with Gasteiger partial charge >= 0.3 is 0 Å². The third-order valence-corrected chi connectivity index (χ3v) is 7.78. The molecule has 1 aromatic heterocycles. The Morgan fingerprint density at radius 2 is 1.77 bits per heavy atom. The van der Waals surface area contributed by atoms with Gasteiger partial charge in [-0.1, -0.05) is 63.1 Å². The van der Waals surface area contributed by atoms with Gasteiger partial charge in [0.25, 0.3) is 5.91 Å². The zero-order valence-corrected chi connectivity index (χ0v) is 23.4. The van der Waals surface area contributed by atoms with E-state index in [4.69, 9.17) is 0 Å². The molecule has 2 heterocycles. The van der Waals surface area contributed by atoms with Gasteiger partial charge in [0.05, 0.1) is 5.56 Å². The first kappa shape index (κ1) is 28.3. The predicted molar refractivity (Wildman–Crippen MR) is 159 cm³/mol. The Bertz CT molecular complexity index is 1190. The summed E-state index contributed by atoms with van der Waals surface area (Å²) < 4.78 is 0. The highest BCUT2D eigenvalue weighted by atomic mass is 16.2. The summed E-state index contributed by atoms with van der Waals surface area (Å²) in [4.78, 5) is 32.9. The molecule has 0 bridgehead atoms. The molecular weight excluding hydrogens is 484 g/mol. The van der Waals surface area contributed by atoms with Crippen molar-refractivity contribution in [1.82, 2.24) is 10.3 Å². The van der Waals surface area contributed by atoms with Crippen LogP contribution in [0.15, 0.2) is 73.1 Å². The topological polar surface area (TPSA) is 74.3 Å². The lowest BCUT2D eigenvalue weighted by Gasteiger charge is -2.35. The molecule has 2 N–H and O–H groups in total. The Kier molecular flexibility index (Phi) is 10.5. The Labute approximate surface area is 233 Å². The molecule has 206 valence electrons. The molecule has 1 aliphatic rings. The van der Waals surface area contributed by atoms with E-state index in [1.807, 2.05) is 30.3 Å². The van der Waals surface area contributed by atoms with Gasteiger partial charge in [0.15, 0.2) is 0 Å². The molecule has 6 heteroatoms. The Hall–Kier alpha value is -3.67. The van der Waals surface area contributed by atoms with E-state index in [1.165, 1.54) is 5.56 Å². The number of nitrogens with one attached hydrogen (secondary N) is 2. The summed E-state index contributed by atoms with van der Waals surface area (Å²) in [7, 11) is 0. The molecule has 3 aromatic rings. The highest BCUT2D eigenvalue weighted by molar-refractivity contribution is 6.02. The molecule has 0 aliphatic carbocycles. The van der Waals surface area contributed by atoms with Gasteiger partial charge in [-0.2, -0.15) is 0 Å². The molecule has 0 radical (unpaired) electrons. The number of carbonyl (C=O) groups is 2. The number of unbranched alkanes of at least 4 members (excludes halogenated alkanes) is 1. The van der Waals surface area contributed by atoms with Gasteiger partial charge in [0.1, 0.15) is 0 Å². The summed E-state index contributed by atoms with van der Waals surface area (Å²) in [5, 5.41) is 6.15. The molecule has 6 nitrogen and oxygen atoms in total. The number of anilines is 2. The molecule has 2 aromatic carbocycles. The fourth-order valence-corrected chi connectivity index (χ4v) is 5.39.